The molecule has 1 aliphatic carbocycles. The summed E-state index contributed by atoms with van der Waals surface area (Å²) in [4.78, 5) is 24.7. The lowest BCUT2D eigenvalue weighted by Gasteiger charge is -2.33. The Morgan fingerprint density at radius 2 is 2.19 bits per heavy atom. The maximum atomic E-state index is 14.0. The first-order valence-electron chi connectivity index (χ1n) is 7.14. The first kappa shape index (κ1) is 16.0. The third-order valence-corrected chi connectivity index (χ3v) is 4.35. The predicted octanol–water partition coefficient (Wildman–Crippen LogP) is 3.71. The fraction of sp³-hybridized carbons (Fsp3) is 0.500. The van der Waals surface area contributed by atoms with Gasteiger partial charge in [-0.3, -0.25) is 9.59 Å². The molecule has 0 spiro atoms. The van der Waals surface area contributed by atoms with Gasteiger partial charge in [-0.1, -0.05) is 24.1 Å². The monoisotopic (exact) mass is 312 g/mol. The Balaban J connectivity index is 2.41. The smallest absolute Gasteiger partial charge is 0.319 e. The molecule has 5 heteroatoms. The second kappa shape index (κ2) is 6.56. The molecule has 0 radical (unpaired) electrons. The molecule has 0 saturated heterocycles. The molecule has 21 heavy (non-hydrogen) atoms. The first-order chi connectivity index (χ1) is 10.0. The lowest BCUT2D eigenvalue weighted by Crippen LogP contribution is -2.45. The molecule has 3 nitrogen and oxygen atoms in total. The SMILES string of the molecule is CCOC(=O)C1(Cc2c(F)cccc2Cl)CCCCC1=O. The number of rotatable bonds is 4. The molecule has 1 fully saturated rings. The Bertz CT molecular complexity index is 538. The van der Waals surface area contributed by atoms with Gasteiger partial charge in [0.15, 0.2) is 5.78 Å². The van der Waals surface area contributed by atoms with Crippen LogP contribution in [0.5, 0.6) is 0 Å². The van der Waals surface area contributed by atoms with Crippen LogP contribution in [0, 0.1) is 11.2 Å². The molecule has 1 unspecified atom stereocenters. The van der Waals surface area contributed by atoms with Crippen LogP contribution in [0.25, 0.3) is 0 Å². The van der Waals surface area contributed by atoms with Gasteiger partial charge in [0, 0.05) is 17.0 Å². The lowest BCUT2D eigenvalue weighted by molar-refractivity contribution is -0.162. The van der Waals surface area contributed by atoms with Crippen LogP contribution in [0.4, 0.5) is 4.39 Å². The van der Waals surface area contributed by atoms with E-state index in [0.717, 1.165) is 12.8 Å². The minimum absolute atomic E-state index is 0.0316. The highest BCUT2D eigenvalue weighted by molar-refractivity contribution is 6.31. The molecule has 1 aliphatic rings. The number of carbonyl (C=O) groups is 2. The zero-order valence-electron chi connectivity index (χ0n) is 12.0. The van der Waals surface area contributed by atoms with E-state index < -0.39 is 17.2 Å². The average molecular weight is 313 g/mol. The van der Waals surface area contributed by atoms with Gasteiger partial charge < -0.3 is 4.74 Å². The van der Waals surface area contributed by atoms with E-state index in [4.69, 9.17) is 16.3 Å². The van der Waals surface area contributed by atoms with Crippen molar-refractivity contribution in [3.05, 3.63) is 34.6 Å². The van der Waals surface area contributed by atoms with Gasteiger partial charge in [-0.2, -0.15) is 0 Å². The van der Waals surface area contributed by atoms with Crippen molar-refractivity contribution in [3.8, 4) is 0 Å². The Labute approximate surface area is 128 Å². The lowest BCUT2D eigenvalue weighted by atomic mass is 9.69. The fourth-order valence-electron chi connectivity index (χ4n) is 2.84. The third-order valence-electron chi connectivity index (χ3n) is 4.00. The second-order valence-electron chi connectivity index (χ2n) is 5.31. The van der Waals surface area contributed by atoms with E-state index in [9.17, 15) is 14.0 Å². The predicted molar refractivity (Wildman–Crippen MR) is 77.7 cm³/mol. The van der Waals surface area contributed by atoms with E-state index in [1.807, 2.05) is 0 Å². The van der Waals surface area contributed by atoms with Crippen molar-refractivity contribution in [2.24, 2.45) is 5.41 Å². The molecule has 0 aliphatic heterocycles. The number of ether oxygens (including phenoxy) is 1. The van der Waals surface area contributed by atoms with Gasteiger partial charge in [0.25, 0.3) is 0 Å². The maximum Gasteiger partial charge on any atom is 0.319 e. The summed E-state index contributed by atoms with van der Waals surface area (Å²) in [5, 5.41) is 0.233. The van der Waals surface area contributed by atoms with Crippen molar-refractivity contribution in [3.63, 3.8) is 0 Å². The quantitative estimate of drug-likeness (QED) is 0.628. The molecule has 2 rings (SSSR count). The summed E-state index contributed by atoms with van der Waals surface area (Å²) in [5.74, 6) is -1.23. The topological polar surface area (TPSA) is 43.4 Å². The van der Waals surface area contributed by atoms with Gasteiger partial charge in [0.05, 0.1) is 6.61 Å². The number of halogens is 2. The van der Waals surface area contributed by atoms with Crippen LogP contribution in [0.2, 0.25) is 5.02 Å². The van der Waals surface area contributed by atoms with Gasteiger partial charge in [-0.15, -0.1) is 0 Å². The normalized spacial score (nSPS) is 22.1. The molecule has 0 bridgehead atoms. The number of benzene rings is 1. The van der Waals surface area contributed by atoms with Crippen molar-refractivity contribution >= 4 is 23.4 Å². The van der Waals surface area contributed by atoms with Crippen LogP contribution in [0.15, 0.2) is 18.2 Å². The van der Waals surface area contributed by atoms with Crippen LogP contribution < -0.4 is 0 Å². The van der Waals surface area contributed by atoms with Crippen LogP contribution in [-0.4, -0.2) is 18.4 Å². The maximum absolute atomic E-state index is 14.0. The summed E-state index contributed by atoms with van der Waals surface area (Å²) in [5.41, 5.74) is -1.08. The summed E-state index contributed by atoms with van der Waals surface area (Å²) >= 11 is 6.04. The van der Waals surface area contributed by atoms with Crippen molar-refractivity contribution in [1.29, 1.82) is 0 Å². The number of carbonyl (C=O) groups excluding carboxylic acids is 2. The number of hydrogen-bond donors (Lipinski definition) is 0. The van der Waals surface area contributed by atoms with Crippen molar-refractivity contribution in [2.45, 2.75) is 39.0 Å². The van der Waals surface area contributed by atoms with Crippen LogP contribution in [0.1, 0.15) is 38.2 Å². The number of hydrogen-bond acceptors (Lipinski definition) is 3. The van der Waals surface area contributed by atoms with E-state index in [0.29, 0.717) is 12.8 Å². The minimum atomic E-state index is -1.29. The largest absolute Gasteiger partial charge is 0.465 e. The number of Topliss-reactive ketones (excluding diaryl/α,β-unsaturated/α-hetero) is 1. The Morgan fingerprint density at radius 1 is 1.43 bits per heavy atom. The molecule has 0 amide bonds. The number of esters is 1. The first-order valence-corrected chi connectivity index (χ1v) is 7.52. The molecule has 0 aromatic heterocycles. The zero-order chi connectivity index (χ0) is 15.5. The molecule has 1 aromatic rings. The Kier molecular flexibility index (Phi) is 4.99. The van der Waals surface area contributed by atoms with Gasteiger partial charge in [0.2, 0.25) is 0 Å². The summed E-state index contributed by atoms with van der Waals surface area (Å²) in [6.07, 6.45) is 2.18. The minimum Gasteiger partial charge on any atom is -0.465 e. The van der Waals surface area contributed by atoms with Crippen molar-refractivity contribution in [1.82, 2.24) is 0 Å². The highest BCUT2D eigenvalue weighted by Crippen LogP contribution is 2.39. The second-order valence-corrected chi connectivity index (χ2v) is 5.72. The molecular weight excluding hydrogens is 295 g/mol. The third kappa shape index (κ3) is 3.10. The highest BCUT2D eigenvalue weighted by atomic mass is 35.5. The summed E-state index contributed by atoms with van der Waals surface area (Å²) in [6.45, 7) is 1.88. The summed E-state index contributed by atoms with van der Waals surface area (Å²) in [6, 6.07) is 4.35. The van der Waals surface area contributed by atoms with E-state index in [1.165, 1.54) is 12.1 Å². The van der Waals surface area contributed by atoms with Crippen LogP contribution in [-0.2, 0) is 20.7 Å². The summed E-state index contributed by atoms with van der Waals surface area (Å²) < 4.78 is 19.1. The molecule has 1 aromatic carbocycles. The van der Waals surface area contributed by atoms with E-state index in [1.54, 1.807) is 13.0 Å². The molecular formula is C16H18ClFO3. The van der Waals surface area contributed by atoms with E-state index >= 15 is 0 Å². The zero-order valence-corrected chi connectivity index (χ0v) is 12.7. The summed E-state index contributed by atoms with van der Waals surface area (Å²) in [7, 11) is 0. The van der Waals surface area contributed by atoms with Crippen molar-refractivity contribution in [2.75, 3.05) is 6.61 Å². The van der Waals surface area contributed by atoms with Gasteiger partial charge >= 0.3 is 5.97 Å². The Hall–Kier alpha value is -1.42. The van der Waals surface area contributed by atoms with Crippen molar-refractivity contribution < 1.29 is 18.7 Å². The van der Waals surface area contributed by atoms with Crippen LogP contribution in [0.3, 0.4) is 0 Å². The molecule has 0 N–H and O–H groups in total. The van der Waals surface area contributed by atoms with Gasteiger partial charge in [0.1, 0.15) is 11.2 Å². The molecule has 1 saturated carbocycles. The molecule has 1 atom stereocenters. The molecule has 0 heterocycles. The van der Waals surface area contributed by atoms with Crippen LogP contribution >= 0.6 is 11.6 Å². The molecule has 114 valence electrons. The van der Waals surface area contributed by atoms with Gasteiger partial charge in [-0.05, 0) is 38.3 Å². The van der Waals surface area contributed by atoms with E-state index in [-0.39, 0.29) is 29.4 Å². The fourth-order valence-corrected chi connectivity index (χ4v) is 3.07. The standard InChI is InChI=1S/C16H18ClFO3/c1-2-21-15(20)16(9-4-3-8-14(16)19)10-11-12(17)6-5-7-13(11)18/h5-7H,2-4,8-10H2,1H3. The number of ketones is 1. The average Bonchev–Trinajstić information content (AvgIpc) is 2.45. The van der Waals surface area contributed by atoms with E-state index in [2.05, 4.69) is 0 Å². The van der Waals surface area contributed by atoms with Gasteiger partial charge in [-0.25, -0.2) is 4.39 Å². The Morgan fingerprint density at radius 3 is 2.81 bits per heavy atom. The highest BCUT2D eigenvalue weighted by Gasteiger charge is 2.48.